The third-order valence-corrected chi connectivity index (χ3v) is 6.25. The Labute approximate surface area is 193 Å². The highest BCUT2D eigenvalue weighted by Crippen LogP contribution is 2.30. The number of anilines is 1. The Bertz CT molecular complexity index is 1130. The van der Waals surface area contributed by atoms with Crippen LogP contribution in [0.4, 0.5) is 10.1 Å². The Morgan fingerprint density at radius 3 is 2.69 bits per heavy atom. The number of likely N-dealkylation sites (N-methyl/N-ethyl adjacent to an activating group) is 1. The molecule has 1 aliphatic heterocycles. The van der Waals surface area contributed by atoms with Gasteiger partial charge in [0.1, 0.15) is 11.6 Å². The molecule has 0 N–H and O–H groups in total. The molecule has 1 fully saturated rings. The second-order valence-electron chi connectivity index (χ2n) is 9.10. The number of benzene rings is 2. The number of rotatable bonds is 6. The number of hydrogen-bond donors (Lipinski definition) is 0. The first-order valence-corrected chi connectivity index (χ1v) is 11.6. The maximum atomic E-state index is 13.8. The Balaban J connectivity index is 1.76. The minimum Gasteiger partial charge on any atom is -0.370 e. The van der Waals surface area contributed by atoms with Crippen molar-refractivity contribution in [1.82, 2.24) is 14.5 Å². The van der Waals surface area contributed by atoms with Crippen LogP contribution in [-0.4, -0.2) is 53.5 Å². The Morgan fingerprint density at radius 1 is 1.12 bits per heavy atom. The lowest BCUT2D eigenvalue weighted by atomic mass is 10.1. The molecule has 3 aromatic rings. The molecule has 0 atom stereocenters. The van der Waals surface area contributed by atoms with Crippen LogP contribution in [0.15, 0.2) is 36.4 Å². The molecule has 0 bridgehead atoms. The number of aromatic nitrogens is 2. The number of imidazole rings is 1. The van der Waals surface area contributed by atoms with Crippen molar-refractivity contribution in [3.8, 4) is 11.4 Å². The van der Waals surface area contributed by atoms with Crippen molar-refractivity contribution in [1.29, 1.82) is 0 Å². The summed E-state index contributed by atoms with van der Waals surface area (Å²) in [5.41, 5.74) is 3.55. The van der Waals surface area contributed by atoms with Crippen LogP contribution in [0.1, 0.15) is 26.7 Å². The van der Waals surface area contributed by atoms with Crippen molar-refractivity contribution < 1.29 is 9.18 Å². The van der Waals surface area contributed by atoms with Crippen molar-refractivity contribution in [3.05, 3.63) is 47.2 Å². The molecule has 5 nitrogen and oxygen atoms in total. The summed E-state index contributed by atoms with van der Waals surface area (Å²) < 4.78 is 15.7. The molecule has 0 unspecified atom stereocenters. The van der Waals surface area contributed by atoms with Gasteiger partial charge in [0.25, 0.3) is 0 Å². The van der Waals surface area contributed by atoms with Gasteiger partial charge in [-0.05, 0) is 62.3 Å². The molecule has 0 aliphatic carbocycles. The van der Waals surface area contributed by atoms with Crippen LogP contribution in [0.2, 0.25) is 5.02 Å². The van der Waals surface area contributed by atoms with E-state index in [0.717, 1.165) is 49.3 Å². The van der Waals surface area contributed by atoms with Gasteiger partial charge in [-0.1, -0.05) is 25.4 Å². The van der Waals surface area contributed by atoms with E-state index in [1.807, 2.05) is 24.5 Å². The van der Waals surface area contributed by atoms with Gasteiger partial charge in [0.15, 0.2) is 5.78 Å². The minimum absolute atomic E-state index is 0.0454. The molecule has 0 spiro atoms. The number of carbonyl (C=O) groups excluding carboxylic acids is 1. The van der Waals surface area contributed by atoms with E-state index >= 15 is 0 Å². The van der Waals surface area contributed by atoms with Crippen molar-refractivity contribution in [2.24, 2.45) is 5.92 Å². The van der Waals surface area contributed by atoms with Crippen LogP contribution < -0.4 is 4.90 Å². The Hall–Kier alpha value is -2.44. The minimum atomic E-state index is -0.470. The van der Waals surface area contributed by atoms with E-state index in [1.54, 1.807) is 12.1 Å². The summed E-state index contributed by atoms with van der Waals surface area (Å²) in [7, 11) is 2.16. The monoisotopic (exact) mass is 456 g/mol. The second-order valence-corrected chi connectivity index (χ2v) is 9.51. The van der Waals surface area contributed by atoms with E-state index in [4.69, 9.17) is 16.6 Å². The largest absolute Gasteiger partial charge is 0.370 e. The van der Waals surface area contributed by atoms with Crippen LogP contribution in [0.3, 0.4) is 0 Å². The van der Waals surface area contributed by atoms with Gasteiger partial charge in [0, 0.05) is 37.3 Å². The summed E-state index contributed by atoms with van der Waals surface area (Å²) in [5.74, 6) is 0.594. The Kier molecular flexibility index (Phi) is 6.82. The van der Waals surface area contributed by atoms with E-state index in [9.17, 15) is 9.18 Å². The fraction of sp³-hybridized carbons (Fsp3) is 0.440. The number of nitrogens with zero attached hydrogens (tertiary/aromatic N) is 4. The predicted octanol–water partition coefficient (Wildman–Crippen LogP) is 5.25. The lowest BCUT2D eigenvalue weighted by molar-refractivity contribution is -0.120. The van der Waals surface area contributed by atoms with Crippen molar-refractivity contribution in [2.75, 3.05) is 38.1 Å². The smallest absolute Gasteiger partial charge is 0.152 e. The molecule has 1 saturated heterocycles. The van der Waals surface area contributed by atoms with Crippen LogP contribution in [-0.2, 0) is 11.3 Å². The average molecular weight is 457 g/mol. The quantitative estimate of drug-likeness (QED) is 0.507. The molecular formula is C25H30ClFN4O. The molecule has 0 radical (unpaired) electrons. The van der Waals surface area contributed by atoms with Gasteiger partial charge in [-0.2, -0.15) is 0 Å². The van der Waals surface area contributed by atoms with Crippen molar-refractivity contribution >= 4 is 34.1 Å². The average Bonchev–Trinajstić information content (AvgIpc) is 2.93. The van der Waals surface area contributed by atoms with Gasteiger partial charge < -0.3 is 14.4 Å². The third-order valence-electron chi connectivity index (χ3n) is 5.96. The molecule has 7 heteroatoms. The van der Waals surface area contributed by atoms with Gasteiger partial charge >= 0.3 is 0 Å². The van der Waals surface area contributed by atoms with Gasteiger partial charge in [-0.25, -0.2) is 9.37 Å². The van der Waals surface area contributed by atoms with Gasteiger partial charge in [0.2, 0.25) is 0 Å². The molecule has 1 aromatic heterocycles. The maximum Gasteiger partial charge on any atom is 0.152 e. The summed E-state index contributed by atoms with van der Waals surface area (Å²) in [6, 6.07) is 10.8. The van der Waals surface area contributed by atoms with Crippen LogP contribution in [0, 0.1) is 11.7 Å². The zero-order valence-electron chi connectivity index (χ0n) is 18.9. The third kappa shape index (κ3) is 4.97. The molecule has 4 rings (SSSR count). The Morgan fingerprint density at radius 2 is 1.94 bits per heavy atom. The highest BCUT2D eigenvalue weighted by Gasteiger charge is 2.19. The summed E-state index contributed by atoms with van der Waals surface area (Å²) >= 11 is 6.05. The van der Waals surface area contributed by atoms with E-state index in [2.05, 4.69) is 29.0 Å². The van der Waals surface area contributed by atoms with E-state index in [1.165, 1.54) is 6.07 Å². The summed E-state index contributed by atoms with van der Waals surface area (Å²) in [5, 5.41) is 0.0454. The molecule has 0 amide bonds. The van der Waals surface area contributed by atoms with Gasteiger partial charge in [-0.15, -0.1) is 0 Å². The fourth-order valence-corrected chi connectivity index (χ4v) is 4.51. The normalized spacial score (nSPS) is 15.5. The van der Waals surface area contributed by atoms with E-state index < -0.39 is 5.82 Å². The number of ketones is 1. The van der Waals surface area contributed by atoms with Crippen molar-refractivity contribution in [3.63, 3.8) is 0 Å². The number of halogens is 2. The fourth-order valence-electron chi connectivity index (χ4n) is 4.33. The second kappa shape index (κ2) is 9.59. The maximum absolute atomic E-state index is 13.8. The van der Waals surface area contributed by atoms with E-state index in [-0.39, 0.29) is 23.3 Å². The van der Waals surface area contributed by atoms with E-state index in [0.29, 0.717) is 17.8 Å². The SMILES string of the molecule is CC(C)CC(=O)Cn1c(-c2ccc(F)c(Cl)c2)nc2cc(N3CCCN(C)CC3)ccc21. The van der Waals surface area contributed by atoms with Crippen LogP contribution in [0.25, 0.3) is 22.4 Å². The zero-order valence-corrected chi connectivity index (χ0v) is 19.7. The van der Waals surface area contributed by atoms with Crippen molar-refractivity contribution in [2.45, 2.75) is 33.2 Å². The lowest BCUT2D eigenvalue weighted by Gasteiger charge is -2.22. The topological polar surface area (TPSA) is 41.4 Å². The molecule has 2 aromatic carbocycles. The molecular weight excluding hydrogens is 427 g/mol. The highest BCUT2D eigenvalue weighted by atomic mass is 35.5. The number of carbonyl (C=O) groups is 1. The summed E-state index contributed by atoms with van der Waals surface area (Å²) in [6.07, 6.45) is 1.62. The first-order valence-electron chi connectivity index (χ1n) is 11.2. The van der Waals surface area contributed by atoms with Gasteiger partial charge in [0.05, 0.1) is 22.6 Å². The molecule has 2 heterocycles. The number of hydrogen-bond acceptors (Lipinski definition) is 4. The molecule has 1 aliphatic rings. The summed E-state index contributed by atoms with van der Waals surface area (Å²) in [6.45, 7) is 8.40. The van der Waals surface area contributed by atoms with Gasteiger partial charge in [-0.3, -0.25) is 4.79 Å². The molecule has 32 heavy (non-hydrogen) atoms. The first-order chi connectivity index (χ1) is 15.3. The zero-order chi connectivity index (χ0) is 22.8. The van der Waals surface area contributed by atoms with Crippen LogP contribution >= 0.6 is 11.6 Å². The molecule has 170 valence electrons. The number of fused-ring (bicyclic) bond motifs is 1. The number of Topliss-reactive ketones (excluding diaryl/α,β-unsaturated/α-hetero) is 1. The van der Waals surface area contributed by atoms with Crippen LogP contribution in [0.5, 0.6) is 0 Å². The highest BCUT2D eigenvalue weighted by molar-refractivity contribution is 6.31. The molecule has 0 saturated carbocycles. The standard InChI is InChI=1S/C25H30ClFN4O/c1-17(2)13-20(32)16-31-24-8-6-19(30-10-4-9-29(3)11-12-30)15-23(24)28-25(31)18-5-7-22(27)21(26)14-18/h5-8,14-15,17H,4,9-13,16H2,1-3H3. The summed E-state index contributed by atoms with van der Waals surface area (Å²) in [4.78, 5) is 22.3. The first kappa shape index (κ1) is 22.7. The predicted molar refractivity (Wildman–Crippen MR) is 129 cm³/mol. The lowest BCUT2D eigenvalue weighted by Crippen LogP contribution is -2.28.